The third-order valence-electron chi connectivity index (χ3n) is 3.68. The molecule has 3 heteroatoms. The summed E-state index contributed by atoms with van der Waals surface area (Å²) in [7, 11) is 0. The van der Waals surface area contributed by atoms with Crippen molar-refractivity contribution in [1.82, 2.24) is 10.2 Å². The number of likely N-dealkylation sites (N-methyl/N-ethyl adjacent to an activating group) is 1. The SMILES string of the molecule is CCCCN(CC)CCCCC(C)(CO)NCC. The molecule has 0 bridgehead atoms. The van der Waals surface area contributed by atoms with Gasteiger partial charge in [-0.05, 0) is 52.4 Å². The Bertz CT molecular complexity index is 187. The lowest BCUT2D eigenvalue weighted by Crippen LogP contribution is -2.45. The van der Waals surface area contributed by atoms with Gasteiger partial charge < -0.3 is 15.3 Å². The average Bonchev–Trinajstić information content (AvgIpc) is 2.38. The minimum absolute atomic E-state index is 0.0881. The van der Waals surface area contributed by atoms with Crippen LogP contribution in [0.25, 0.3) is 0 Å². The Hall–Kier alpha value is -0.120. The fourth-order valence-corrected chi connectivity index (χ4v) is 2.31. The number of hydrogen-bond acceptors (Lipinski definition) is 3. The first kappa shape index (κ1) is 17.9. The van der Waals surface area contributed by atoms with Crippen molar-refractivity contribution in [1.29, 1.82) is 0 Å². The quantitative estimate of drug-likeness (QED) is 0.528. The summed E-state index contributed by atoms with van der Waals surface area (Å²) in [5.41, 5.74) is -0.0881. The highest BCUT2D eigenvalue weighted by molar-refractivity contribution is 4.81. The van der Waals surface area contributed by atoms with Gasteiger partial charge in [0.25, 0.3) is 0 Å². The fourth-order valence-electron chi connectivity index (χ4n) is 2.31. The molecule has 0 spiro atoms. The van der Waals surface area contributed by atoms with Gasteiger partial charge >= 0.3 is 0 Å². The Morgan fingerprint density at radius 3 is 2.22 bits per heavy atom. The van der Waals surface area contributed by atoms with Crippen molar-refractivity contribution in [3.63, 3.8) is 0 Å². The first-order chi connectivity index (χ1) is 8.61. The predicted octanol–water partition coefficient (Wildman–Crippen LogP) is 2.64. The van der Waals surface area contributed by atoms with E-state index >= 15 is 0 Å². The first-order valence-corrected chi connectivity index (χ1v) is 7.70. The molecule has 0 aliphatic heterocycles. The molecule has 0 saturated carbocycles. The van der Waals surface area contributed by atoms with Crippen molar-refractivity contribution < 1.29 is 5.11 Å². The molecule has 0 amide bonds. The molecule has 0 heterocycles. The minimum Gasteiger partial charge on any atom is -0.394 e. The third kappa shape index (κ3) is 8.06. The van der Waals surface area contributed by atoms with Gasteiger partial charge in [0, 0.05) is 5.54 Å². The summed E-state index contributed by atoms with van der Waals surface area (Å²) < 4.78 is 0. The molecule has 3 nitrogen and oxygen atoms in total. The van der Waals surface area contributed by atoms with Crippen LogP contribution in [0.15, 0.2) is 0 Å². The number of nitrogens with one attached hydrogen (secondary N) is 1. The van der Waals surface area contributed by atoms with Gasteiger partial charge in [0.15, 0.2) is 0 Å². The minimum atomic E-state index is -0.0881. The number of nitrogens with zero attached hydrogens (tertiary/aromatic N) is 1. The second-order valence-electron chi connectivity index (χ2n) is 5.49. The monoisotopic (exact) mass is 258 g/mol. The van der Waals surface area contributed by atoms with Crippen LogP contribution in [0.2, 0.25) is 0 Å². The summed E-state index contributed by atoms with van der Waals surface area (Å²) in [5, 5.41) is 12.8. The van der Waals surface area contributed by atoms with Crippen molar-refractivity contribution in [2.45, 2.75) is 65.3 Å². The Labute approximate surface area is 114 Å². The number of aliphatic hydroxyl groups excluding tert-OH is 1. The zero-order chi connectivity index (χ0) is 13.9. The Morgan fingerprint density at radius 2 is 1.72 bits per heavy atom. The van der Waals surface area contributed by atoms with Crippen LogP contribution in [0, 0.1) is 0 Å². The molecule has 0 aliphatic carbocycles. The van der Waals surface area contributed by atoms with E-state index in [1.54, 1.807) is 0 Å². The van der Waals surface area contributed by atoms with Gasteiger partial charge in [0.1, 0.15) is 0 Å². The van der Waals surface area contributed by atoms with Crippen molar-refractivity contribution >= 4 is 0 Å². The topological polar surface area (TPSA) is 35.5 Å². The highest BCUT2D eigenvalue weighted by Crippen LogP contribution is 2.13. The zero-order valence-corrected chi connectivity index (χ0v) is 13.0. The lowest BCUT2D eigenvalue weighted by molar-refractivity contribution is 0.162. The van der Waals surface area contributed by atoms with Crippen LogP contribution >= 0.6 is 0 Å². The fraction of sp³-hybridized carbons (Fsp3) is 1.00. The van der Waals surface area contributed by atoms with Crippen LogP contribution in [-0.2, 0) is 0 Å². The Kier molecular flexibility index (Phi) is 10.7. The largest absolute Gasteiger partial charge is 0.394 e. The van der Waals surface area contributed by atoms with E-state index in [-0.39, 0.29) is 12.1 Å². The van der Waals surface area contributed by atoms with E-state index in [1.165, 1.54) is 38.8 Å². The molecule has 0 aliphatic rings. The Morgan fingerprint density at radius 1 is 1.06 bits per heavy atom. The molecule has 0 saturated heterocycles. The van der Waals surface area contributed by atoms with Gasteiger partial charge in [0.05, 0.1) is 6.61 Å². The van der Waals surface area contributed by atoms with Crippen molar-refractivity contribution in [3.8, 4) is 0 Å². The molecule has 0 fully saturated rings. The molecule has 0 rings (SSSR count). The lowest BCUT2D eigenvalue weighted by Gasteiger charge is -2.29. The smallest absolute Gasteiger partial charge is 0.0610 e. The van der Waals surface area contributed by atoms with E-state index in [9.17, 15) is 5.11 Å². The van der Waals surface area contributed by atoms with Crippen LogP contribution in [0.4, 0.5) is 0 Å². The van der Waals surface area contributed by atoms with Crippen LogP contribution < -0.4 is 5.32 Å². The summed E-state index contributed by atoms with van der Waals surface area (Å²) in [6.07, 6.45) is 6.06. The molecule has 1 atom stereocenters. The maximum Gasteiger partial charge on any atom is 0.0610 e. The van der Waals surface area contributed by atoms with Crippen molar-refractivity contribution in [2.24, 2.45) is 0 Å². The predicted molar refractivity (Wildman–Crippen MR) is 80.0 cm³/mol. The maximum atomic E-state index is 9.41. The molecular weight excluding hydrogens is 224 g/mol. The van der Waals surface area contributed by atoms with E-state index in [4.69, 9.17) is 0 Å². The van der Waals surface area contributed by atoms with Gasteiger partial charge in [-0.3, -0.25) is 0 Å². The van der Waals surface area contributed by atoms with Crippen molar-refractivity contribution in [3.05, 3.63) is 0 Å². The van der Waals surface area contributed by atoms with Gasteiger partial charge in [-0.2, -0.15) is 0 Å². The highest BCUT2D eigenvalue weighted by atomic mass is 16.3. The number of rotatable bonds is 12. The maximum absolute atomic E-state index is 9.41. The normalized spacial score (nSPS) is 15.0. The Balaban J connectivity index is 3.75. The summed E-state index contributed by atoms with van der Waals surface area (Å²) in [4.78, 5) is 2.53. The summed E-state index contributed by atoms with van der Waals surface area (Å²) >= 11 is 0. The van der Waals surface area contributed by atoms with Gasteiger partial charge in [-0.15, -0.1) is 0 Å². The lowest BCUT2D eigenvalue weighted by atomic mass is 9.95. The average molecular weight is 258 g/mol. The van der Waals surface area contributed by atoms with Crippen LogP contribution in [0.1, 0.15) is 59.8 Å². The number of unbranched alkanes of at least 4 members (excludes halogenated alkanes) is 2. The molecule has 18 heavy (non-hydrogen) atoms. The molecule has 2 N–H and O–H groups in total. The van der Waals surface area contributed by atoms with Crippen LogP contribution in [-0.4, -0.2) is 48.3 Å². The van der Waals surface area contributed by atoms with Gasteiger partial charge in [0.2, 0.25) is 0 Å². The summed E-state index contributed by atoms with van der Waals surface area (Å²) in [5.74, 6) is 0. The number of aliphatic hydroxyl groups is 1. The molecule has 0 aromatic rings. The highest BCUT2D eigenvalue weighted by Gasteiger charge is 2.20. The van der Waals surface area contributed by atoms with Gasteiger partial charge in [-0.1, -0.05) is 33.6 Å². The van der Waals surface area contributed by atoms with E-state index in [0.29, 0.717) is 0 Å². The molecule has 0 radical (unpaired) electrons. The molecular formula is C15H34N2O. The van der Waals surface area contributed by atoms with Crippen LogP contribution in [0.5, 0.6) is 0 Å². The molecule has 0 aromatic heterocycles. The van der Waals surface area contributed by atoms with E-state index < -0.39 is 0 Å². The second kappa shape index (κ2) is 10.8. The third-order valence-corrected chi connectivity index (χ3v) is 3.68. The molecule has 1 unspecified atom stereocenters. The van der Waals surface area contributed by atoms with Crippen molar-refractivity contribution in [2.75, 3.05) is 32.8 Å². The van der Waals surface area contributed by atoms with Crippen LogP contribution in [0.3, 0.4) is 0 Å². The van der Waals surface area contributed by atoms with Gasteiger partial charge in [-0.25, -0.2) is 0 Å². The second-order valence-corrected chi connectivity index (χ2v) is 5.49. The van der Waals surface area contributed by atoms with E-state index in [1.807, 2.05) is 0 Å². The summed E-state index contributed by atoms with van der Waals surface area (Å²) in [6.45, 7) is 13.4. The number of hydrogen-bond donors (Lipinski definition) is 2. The molecule has 0 aromatic carbocycles. The zero-order valence-electron chi connectivity index (χ0n) is 13.0. The standard InChI is InChI=1S/C15H34N2O/c1-5-8-12-17(7-3)13-10-9-11-15(4,14-18)16-6-2/h16,18H,5-14H2,1-4H3. The first-order valence-electron chi connectivity index (χ1n) is 7.70. The summed E-state index contributed by atoms with van der Waals surface area (Å²) in [6, 6.07) is 0. The molecule has 110 valence electrons. The van der Waals surface area contributed by atoms with E-state index in [2.05, 4.69) is 37.9 Å². The van der Waals surface area contributed by atoms with E-state index in [0.717, 1.165) is 19.5 Å².